The number of aliphatic hydroxyl groups excluding tert-OH is 2. The van der Waals surface area contributed by atoms with E-state index in [-0.39, 0.29) is 23.0 Å². The second kappa shape index (κ2) is 16.4. The Morgan fingerprint density at radius 2 is 1.12 bits per heavy atom. The van der Waals surface area contributed by atoms with E-state index in [2.05, 4.69) is 130 Å². The summed E-state index contributed by atoms with van der Waals surface area (Å²) in [7, 11) is 0. The molecule has 0 amide bonds. The van der Waals surface area contributed by atoms with E-state index < -0.39 is 0 Å². The van der Waals surface area contributed by atoms with E-state index in [1.807, 2.05) is 0 Å². The molecule has 42 heavy (non-hydrogen) atoms. The van der Waals surface area contributed by atoms with Crippen LogP contribution in [0.1, 0.15) is 121 Å². The molecule has 0 aliphatic heterocycles. The molecule has 0 radical (unpaired) electrons. The van der Waals surface area contributed by atoms with Gasteiger partial charge in [0.05, 0.1) is 12.2 Å². The lowest BCUT2D eigenvalue weighted by Gasteiger charge is -2.35. The number of rotatable bonds is 12. The van der Waals surface area contributed by atoms with Crippen LogP contribution in [0.25, 0.3) is 0 Å². The van der Waals surface area contributed by atoms with Crippen LogP contribution in [0, 0.1) is 10.8 Å². The molecular formula is C40H60O2. The number of unbranched alkanes of at least 4 members (excludes halogenated alkanes) is 1. The van der Waals surface area contributed by atoms with Crippen molar-refractivity contribution in [1.29, 1.82) is 0 Å². The molecule has 0 saturated heterocycles. The van der Waals surface area contributed by atoms with Crippen LogP contribution in [0.2, 0.25) is 0 Å². The summed E-state index contributed by atoms with van der Waals surface area (Å²) in [6.45, 7) is 22.0. The summed E-state index contributed by atoms with van der Waals surface area (Å²) >= 11 is 0. The molecule has 2 N–H and O–H groups in total. The smallest absolute Gasteiger partial charge is 0.0585 e. The van der Waals surface area contributed by atoms with Gasteiger partial charge in [-0.05, 0) is 115 Å². The predicted octanol–water partition coefficient (Wildman–Crippen LogP) is 11.0. The summed E-state index contributed by atoms with van der Waals surface area (Å²) in [5, 5.41) is 20.2. The van der Waals surface area contributed by atoms with Crippen molar-refractivity contribution in [2.75, 3.05) is 0 Å². The minimum Gasteiger partial charge on any atom is -0.393 e. The van der Waals surface area contributed by atoms with Crippen LogP contribution in [-0.2, 0) is 0 Å². The maximum Gasteiger partial charge on any atom is 0.0585 e. The van der Waals surface area contributed by atoms with E-state index >= 15 is 0 Å². The van der Waals surface area contributed by atoms with E-state index in [9.17, 15) is 10.2 Å². The molecule has 0 aromatic rings. The highest BCUT2D eigenvalue weighted by atomic mass is 16.3. The number of hydrogen-bond acceptors (Lipinski definition) is 2. The Bertz CT molecular complexity index is 1200. The third-order valence-corrected chi connectivity index (χ3v) is 8.83. The summed E-state index contributed by atoms with van der Waals surface area (Å²) < 4.78 is 0. The van der Waals surface area contributed by atoms with Crippen LogP contribution in [0.4, 0.5) is 0 Å². The summed E-state index contributed by atoms with van der Waals surface area (Å²) in [5.74, 6) is 0. The maximum atomic E-state index is 10.1. The van der Waals surface area contributed by atoms with Gasteiger partial charge in [-0.2, -0.15) is 0 Å². The third kappa shape index (κ3) is 12.1. The van der Waals surface area contributed by atoms with Crippen LogP contribution in [0.3, 0.4) is 0 Å². The summed E-state index contributed by atoms with van der Waals surface area (Å²) in [4.78, 5) is 0. The van der Waals surface area contributed by atoms with Gasteiger partial charge in [-0.3, -0.25) is 0 Å². The molecule has 0 spiro atoms. The largest absolute Gasteiger partial charge is 0.393 e. The number of hydrogen-bond donors (Lipinski definition) is 2. The molecule has 0 fully saturated rings. The van der Waals surface area contributed by atoms with Gasteiger partial charge in [-0.1, -0.05) is 122 Å². The highest BCUT2D eigenvalue weighted by Gasteiger charge is 2.32. The lowest BCUT2D eigenvalue weighted by atomic mass is 9.71. The van der Waals surface area contributed by atoms with Crippen molar-refractivity contribution in [1.82, 2.24) is 0 Å². The normalized spacial score (nSPS) is 24.7. The zero-order valence-electron chi connectivity index (χ0n) is 28.5. The molecule has 2 aliphatic carbocycles. The van der Waals surface area contributed by atoms with Crippen molar-refractivity contribution >= 4 is 0 Å². The maximum absolute atomic E-state index is 10.1. The SMILES string of the molecule is CC1=C(/C=C/C(C)=C/C=C/C(C)=C/CC/C=C(\C)CC/C=C(C)/C=C/C2=C(C)C[C@H](O)CC2(C)C)C(C)(C)C[C@@H](O)C1. The van der Waals surface area contributed by atoms with E-state index in [4.69, 9.17) is 0 Å². The quantitative estimate of drug-likeness (QED) is 0.139. The zero-order valence-corrected chi connectivity index (χ0v) is 28.5. The van der Waals surface area contributed by atoms with E-state index in [1.165, 1.54) is 44.6 Å². The Kier molecular flexibility index (Phi) is 14.0. The molecule has 0 unspecified atom stereocenters. The van der Waals surface area contributed by atoms with Gasteiger partial charge in [0.2, 0.25) is 0 Å². The monoisotopic (exact) mass is 572 g/mol. The van der Waals surface area contributed by atoms with Crippen molar-refractivity contribution < 1.29 is 10.2 Å². The van der Waals surface area contributed by atoms with Crippen molar-refractivity contribution in [2.45, 2.75) is 133 Å². The summed E-state index contributed by atoms with van der Waals surface area (Å²) in [5.41, 5.74) is 10.7. The summed E-state index contributed by atoms with van der Waals surface area (Å²) in [6, 6.07) is 0. The molecule has 2 nitrogen and oxygen atoms in total. The van der Waals surface area contributed by atoms with Gasteiger partial charge in [-0.15, -0.1) is 0 Å². The first-order valence-electron chi connectivity index (χ1n) is 16.1. The van der Waals surface area contributed by atoms with Gasteiger partial charge in [0.1, 0.15) is 0 Å². The fraction of sp³-hybridized carbons (Fsp3) is 0.550. The fourth-order valence-corrected chi connectivity index (χ4v) is 6.60. The highest BCUT2D eigenvalue weighted by Crippen LogP contribution is 2.42. The lowest BCUT2D eigenvalue weighted by molar-refractivity contribution is 0.116. The Labute approximate surface area is 258 Å². The second-order valence-corrected chi connectivity index (χ2v) is 14.3. The van der Waals surface area contributed by atoms with Crippen LogP contribution in [0.15, 0.2) is 105 Å². The van der Waals surface area contributed by atoms with E-state index in [1.54, 1.807) is 0 Å². The minimum absolute atomic E-state index is 0.0172. The van der Waals surface area contributed by atoms with Crippen LogP contribution in [0.5, 0.6) is 0 Å². The minimum atomic E-state index is -0.218. The van der Waals surface area contributed by atoms with Crippen LogP contribution < -0.4 is 0 Å². The van der Waals surface area contributed by atoms with Crippen molar-refractivity contribution in [3.05, 3.63) is 105 Å². The average Bonchev–Trinajstić information content (AvgIpc) is 2.84. The molecule has 0 aromatic heterocycles. The van der Waals surface area contributed by atoms with Gasteiger partial charge in [0, 0.05) is 0 Å². The standard InChI is InChI=1S/C40H60O2/c1-29(17-13-19-31(3)21-23-37-33(5)25-35(41)27-39(37,7)8)15-11-12-16-30(2)18-14-20-32(4)22-24-38-34(6)26-36(42)28-40(38,9)10/h13,15-17,19-24,35-36,41-42H,11-12,14,18,25-28H2,1-10H3/b17-13+,23-21+,24-22+,29-15+,30-16+,31-19+,32-20+/t35-,36-/m0/s1. The zero-order chi connectivity index (χ0) is 31.5. The van der Waals surface area contributed by atoms with Crippen molar-refractivity contribution in [3.63, 3.8) is 0 Å². The first kappa shape index (κ1) is 35.8. The second-order valence-electron chi connectivity index (χ2n) is 14.3. The molecular weight excluding hydrogens is 512 g/mol. The molecule has 0 aromatic carbocycles. The molecule has 2 atom stereocenters. The van der Waals surface area contributed by atoms with Crippen molar-refractivity contribution in [2.24, 2.45) is 10.8 Å². The molecule has 2 aliphatic rings. The Morgan fingerprint density at radius 3 is 1.64 bits per heavy atom. The Balaban J connectivity index is 1.79. The predicted molar refractivity (Wildman–Crippen MR) is 184 cm³/mol. The third-order valence-electron chi connectivity index (χ3n) is 8.83. The molecule has 0 saturated carbocycles. The first-order chi connectivity index (χ1) is 19.6. The first-order valence-corrected chi connectivity index (χ1v) is 16.1. The molecule has 2 rings (SSSR count). The highest BCUT2D eigenvalue weighted by molar-refractivity contribution is 5.38. The molecule has 232 valence electrons. The fourth-order valence-electron chi connectivity index (χ4n) is 6.60. The van der Waals surface area contributed by atoms with Crippen molar-refractivity contribution in [3.8, 4) is 0 Å². The van der Waals surface area contributed by atoms with Crippen LogP contribution in [-0.4, -0.2) is 22.4 Å². The number of aliphatic hydroxyl groups is 2. The average molecular weight is 573 g/mol. The molecule has 2 heteroatoms. The lowest BCUT2D eigenvalue weighted by Crippen LogP contribution is -2.28. The Morgan fingerprint density at radius 1 is 0.667 bits per heavy atom. The molecule has 0 heterocycles. The summed E-state index contributed by atoms with van der Waals surface area (Å²) in [6.07, 6.45) is 29.6. The molecule has 0 bridgehead atoms. The Hall–Kier alpha value is -2.42. The van der Waals surface area contributed by atoms with E-state index in [0.717, 1.165) is 51.4 Å². The van der Waals surface area contributed by atoms with Gasteiger partial charge >= 0.3 is 0 Å². The van der Waals surface area contributed by atoms with Gasteiger partial charge < -0.3 is 10.2 Å². The van der Waals surface area contributed by atoms with Gasteiger partial charge in [0.25, 0.3) is 0 Å². The number of allylic oxidation sites excluding steroid dienone is 16. The van der Waals surface area contributed by atoms with Gasteiger partial charge in [-0.25, -0.2) is 0 Å². The van der Waals surface area contributed by atoms with E-state index in [0.29, 0.717) is 0 Å². The van der Waals surface area contributed by atoms with Crippen LogP contribution >= 0.6 is 0 Å². The topological polar surface area (TPSA) is 40.5 Å². The van der Waals surface area contributed by atoms with Gasteiger partial charge in [0.15, 0.2) is 0 Å².